The Balaban J connectivity index is 2.10. The molecule has 0 atom stereocenters. The van der Waals surface area contributed by atoms with Gasteiger partial charge in [-0.15, -0.1) is 0 Å². The number of rotatable bonds is 0. The Kier molecular flexibility index (Phi) is 2.90. The quantitative estimate of drug-likeness (QED) is 0.735. The summed E-state index contributed by atoms with van der Waals surface area (Å²) in [6.07, 6.45) is 3.52. The Morgan fingerprint density at radius 3 is 3.12 bits per heavy atom. The van der Waals surface area contributed by atoms with E-state index in [1.54, 1.807) is 0 Å². The molecule has 0 fully saturated rings. The van der Waals surface area contributed by atoms with Crippen LogP contribution < -0.4 is 5.32 Å². The molecule has 2 aliphatic heterocycles. The highest BCUT2D eigenvalue weighted by Gasteiger charge is 2.22. The van der Waals surface area contributed by atoms with Crippen LogP contribution in [0.5, 0.6) is 0 Å². The van der Waals surface area contributed by atoms with E-state index in [2.05, 4.69) is 57.1 Å². The van der Waals surface area contributed by atoms with Gasteiger partial charge in [0.1, 0.15) is 0 Å². The van der Waals surface area contributed by atoms with Gasteiger partial charge in [0.15, 0.2) is 0 Å². The Labute approximate surface area is 110 Å². The van der Waals surface area contributed by atoms with Gasteiger partial charge in [-0.25, -0.2) is 0 Å². The molecule has 0 bridgehead atoms. The summed E-state index contributed by atoms with van der Waals surface area (Å²) in [7, 11) is 0. The topological polar surface area (TPSA) is 15.3 Å². The molecule has 84 valence electrons. The Morgan fingerprint density at radius 2 is 2.19 bits per heavy atom. The molecule has 0 amide bonds. The van der Waals surface area contributed by atoms with Crippen molar-refractivity contribution < 1.29 is 0 Å². The van der Waals surface area contributed by atoms with Crippen molar-refractivity contribution in [2.24, 2.45) is 0 Å². The SMILES string of the molecule is Ic1cccc2c1CCN1CCNCC=C21. The van der Waals surface area contributed by atoms with Crippen molar-refractivity contribution in [3.63, 3.8) is 0 Å². The molecule has 3 rings (SSSR count). The molecular weight excluding hydrogens is 311 g/mol. The Hall–Kier alpha value is -0.550. The first-order valence-electron chi connectivity index (χ1n) is 5.80. The minimum Gasteiger partial charge on any atom is -0.370 e. The minimum atomic E-state index is 0.997. The lowest BCUT2D eigenvalue weighted by atomic mass is 9.96. The lowest BCUT2D eigenvalue weighted by Gasteiger charge is -2.32. The summed E-state index contributed by atoms with van der Waals surface area (Å²) in [5.41, 5.74) is 4.42. The van der Waals surface area contributed by atoms with Gasteiger partial charge < -0.3 is 10.2 Å². The van der Waals surface area contributed by atoms with Crippen LogP contribution >= 0.6 is 22.6 Å². The van der Waals surface area contributed by atoms with Gasteiger partial charge in [0, 0.05) is 41.0 Å². The molecule has 0 aromatic heterocycles. The van der Waals surface area contributed by atoms with Crippen LogP contribution in [0.3, 0.4) is 0 Å². The molecule has 1 aromatic carbocycles. The summed E-state index contributed by atoms with van der Waals surface area (Å²) in [4.78, 5) is 2.51. The van der Waals surface area contributed by atoms with Crippen LogP contribution in [0.1, 0.15) is 11.1 Å². The molecule has 0 radical (unpaired) electrons. The lowest BCUT2D eigenvalue weighted by molar-refractivity contribution is 0.394. The molecule has 1 N–H and O–H groups in total. The van der Waals surface area contributed by atoms with Crippen LogP contribution in [-0.2, 0) is 6.42 Å². The number of benzene rings is 1. The van der Waals surface area contributed by atoms with E-state index in [1.165, 1.54) is 33.4 Å². The van der Waals surface area contributed by atoms with Gasteiger partial charge in [-0.05, 0) is 46.7 Å². The first-order chi connectivity index (χ1) is 7.86. The van der Waals surface area contributed by atoms with E-state index in [0.717, 1.165) is 19.6 Å². The second-order valence-corrected chi connectivity index (χ2v) is 5.46. The van der Waals surface area contributed by atoms with Crippen molar-refractivity contribution in [3.05, 3.63) is 39.0 Å². The van der Waals surface area contributed by atoms with E-state index in [9.17, 15) is 0 Å². The van der Waals surface area contributed by atoms with Crippen LogP contribution in [-0.4, -0.2) is 31.1 Å². The van der Waals surface area contributed by atoms with Gasteiger partial charge >= 0.3 is 0 Å². The highest BCUT2D eigenvalue weighted by atomic mass is 127. The van der Waals surface area contributed by atoms with E-state index in [0.29, 0.717) is 0 Å². The number of hydrogen-bond acceptors (Lipinski definition) is 2. The molecule has 0 aliphatic carbocycles. The summed E-state index contributed by atoms with van der Waals surface area (Å²) >= 11 is 2.46. The zero-order valence-electron chi connectivity index (χ0n) is 9.17. The molecular formula is C13H15IN2. The molecule has 2 aliphatic rings. The Bertz CT molecular complexity index is 440. The van der Waals surface area contributed by atoms with E-state index in [1.807, 2.05) is 0 Å². The molecule has 1 aromatic rings. The number of fused-ring (bicyclic) bond motifs is 3. The van der Waals surface area contributed by atoms with Gasteiger partial charge in [-0.2, -0.15) is 0 Å². The predicted octanol–water partition coefficient (Wildman–Crippen LogP) is 2.09. The number of hydrogen-bond donors (Lipinski definition) is 1. The van der Waals surface area contributed by atoms with Crippen LogP contribution in [0.2, 0.25) is 0 Å². The standard InChI is InChI=1S/C13H15IN2/c14-12-3-1-2-11-10(12)5-8-16-9-7-15-6-4-13(11)16/h1-4,15H,5-9H2. The van der Waals surface area contributed by atoms with Crippen LogP contribution in [0.25, 0.3) is 5.70 Å². The van der Waals surface area contributed by atoms with Crippen molar-refractivity contribution in [2.75, 3.05) is 26.2 Å². The third kappa shape index (κ3) is 1.76. The largest absolute Gasteiger partial charge is 0.370 e. The van der Waals surface area contributed by atoms with Gasteiger partial charge in [-0.3, -0.25) is 0 Å². The molecule has 0 unspecified atom stereocenters. The molecule has 0 spiro atoms. The summed E-state index contributed by atoms with van der Waals surface area (Å²) in [5, 5.41) is 3.43. The molecule has 0 saturated heterocycles. The fourth-order valence-corrected chi connectivity index (χ4v) is 3.31. The van der Waals surface area contributed by atoms with E-state index in [-0.39, 0.29) is 0 Å². The summed E-state index contributed by atoms with van der Waals surface area (Å²) < 4.78 is 1.41. The average Bonchev–Trinajstić information content (AvgIpc) is 2.54. The molecule has 2 heterocycles. The van der Waals surface area contributed by atoms with Crippen molar-refractivity contribution >= 4 is 28.3 Å². The zero-order valence-corrected chi connectivity index (χ0v) is 11.3. The highest BCUT2D eigenvalue weighted by molar-refractivity contribution is 14.1. The average molecular weight is 326 g/mol. The molecule has 3 heteroatoms. The van der Waals surface area contributed by atoms with Crippen LogP contribution in [0.15, 0.2) is 24.3 Å². The highest BCUT2D eigenvalue weighted by Crippen LogP contribution is 2.31. The van der Waals surface area contributed by atoms with Gasteiger partial charge in [0.05, 0.1) is 0 Å². The third-order valence-corrected chi connectivity index (χ3v) is 4.38. The zero-order chi connectivity index (χ0) is 11.0. The van der Waals surface area contributed by atoms with Gasteiger partial charge in [-0.1, -0.05) is 12.1 Å². The first kappa shape index (κ1) is 10.6. The van der Waals surface area contributed by atoms with Crippen LogP contribution in [0.4, 0.5) is 0 Å². The number of halogens is 1. The second-order valence-electron chi connectivity index (χ2n) is 4.30. The summed E-state index contributed by atoms with van der Waals surface area (Å²) in [6, 6.07) is 6.65. The van der Waals surface area contributed by atoms with Crippen molar-refractivity contribution in [1.29, 1.82) is 0 Å². The van der Waals surface area contributed by atoms with E-state index >= 15 is 0 Å². The number of nitrogens with zero attached hydrogens (tertiary/aromatic N) is 1. The summed E-state index contributed by atoms with van der Waals surface area (Å²) in [6.45, 7) is 4.40. The van der Waals surface area contributed by atoms with Crippen molar-refractivity contribution in [1.82, 2.24) is 10.2 Å². The van der Waals surface area contributed by atoms with Crippen molar-refractivity contribution in [3.8, 4) is 0 Å². The van der Waals surface area contributed by atoms with E-state index < -0.39 is 0 Å². The lowest BCUT2D eigenvalue weighted by Crippen LogP contribution is -2.33. The third-order valence-electron chi connectivity index (χ3n) is 3.37. The van der Waals surface area contributed by atoms with Gasteiger partial charge in [0.2, 0.25) is 0 Å². The maximum atomic E-state index is 3.43. The molecule has 0 saturated carbocycles. The maximum absolute atomic E-state index is 3.43. The summed E-state index contributed by atoms with van der Waals surface area (Å²) in [5.74, 6) is 0. The number of nitrogens with one attached hydrogen (secondary N) is 1. The minimum absolute atomic E-state index is 0.997. The van der Waals surface area contributed by atoms with E-state index in [4.69, 9.17) is 0 Å². The molecule has 16 heavy (non-hydrogen) atoms. The van der Waals surface area contributed by atoms with Gasteiger partial charge in [0.25, 0.3) is 0 Å². The maximum Gasteiger partial charge on any atom is 0.0415 e. The first-order valence-corrected chi connectivity index (χ1v) is 6.88. The predicted molar refractivity (Wildman–Crippen MR) is 75.3 cm³/mol. The smallest absolute Gasteiger partial charge is 0.0415 e. The van der Waals surface area contributed by atoms with Crippen molar-refractivity contribution in [2.45, 2.75) is 6.42 Å². The second kappa shape index (κ2) is 4.37. The fourth-order valence-electron chi connectivity index (χ4n) is 2.55. The normalized spacial score (nSPS) is 19.6. The Morgan fingerprint density at radius 1 is 1.25 bits per heavy atom. The monoisotopic (exact) mass is 326 g/mol. The molecule has 2 nitrogen and oxygen atoms in total. The fraction of sp³-hybridized carbons (Fsp3) is 0.385. The van der Waals surface area contributed by atoms with Crippen LogP contribution in [0, 0.1) is 3.57 Å².